The quantitative estimate of drug-likeness (QED) is 0.331. The fourth-order valence-electron chi connectivity index (χ4n) is 3.10. The Hall–Kier alpha value is -3.72. The molecule has 4 unspecified atom stereocenters. The Balaban J connectivity index is 1.85. The Morgan fingerprint density at radius 3 is 1.64 bits per heavy atom. The Morgan fingerprint density at radius 2 is 1.15 bits per heavy atom. The van der Waals surface area contributed by atoms with Crippen molar-refractivity contribution in [3.8, 4) is 0 Å². The maximum atomic E-state index is 12.4. The molecule has 2 rings (SSSR count). The number of carboxylic acid groups (broad SMARTS) is 1. The minimum atomic E-state index is -1.18. The number of benzene rings is 2. The van der Waals surface area contributed by atoms with Gasteiger partial charge in [-0.2, -0.15) is 0 Å². The zero-order valence-electron chi connectivity index (χ0n) is 18.7. The number of hydrogen-bond acceptors (Lipinski definition) is 5. The molecule has 0 radical (unpaired) electrons. The average Bonchev–Trinajstić information content (AvgIpc) is 2.79. The normalized spacial score (nSPS) is 14.3. The molecule has 0 aliphatic heterocycles. The molecule has 0 fully saturated rings. The van der Waals surface area contributed by atoms with Crippen LogP contribution in [-0.4, -0.2) is 53.0 Å². The van der Waals surface area contributed by atoms with Gasteiger partial charge in [0.2, 0.25) is 17.7 Å². The number of aliphatic carboxylic acids is 1. The summed E-state index contributed by atoms with van der Waals surface area (Å²) in [6, 6.07) is 14.2. The topological polar surface area (TPSA) is 151 Å². The van der Waals surface area contributed by atoms with Crippen molar-refractivity contribution in [3.05, 3.63) is 71.8 Å². The minimum Gasteiger partial charge on any atom is -0.480 e. The molecule has 0 aliphatic rings. The van der Waals surface area contributed by atoms with Gasteiger partial charge in [0, 0.05) is 6.42 Å². The number of rotatable bonds is 11. The molecule has 0 saturated heterocycles. The van der Waals surface area contributed by atoms with Crippen LogP contribution < -0.4 is 21.7 Å². The summed E-state index contributed by atoms with van der Waals surface area (Å²) in [5.74, 6) is -2.91. The van der Waals surface area contributed by atoms with Gasteiger partial charge >= 0.3 is 5.97 Å². The third kappa shape index (κ3) is 8.38. The summed E-state index contributed by atoms with van der Waals surface area (Å²) in [5, 5.41) is 16.9. The van der Waals surface area contributed by atoms with Gasteiger partial charge in [0.1, 0.15) is 18.1 Å². The second-order valence-electron chi connectivity index (χ2n) is 7.85. The lowest BCUT2D eigenvalue weighted by Gasteiger charge is -2.21. The maximum absolute atomic E-state index is 12.4. The van der Waals surface area contributed by atoms with Crippen molar-refractivity contribution < 1.29 is 24.3 Å². The van der Waals surface area contributed by atoms with E-state index in [4.69, 9.17) is 5.73 Å². The van der Waals surface area contributed by atoms with E-state index >= 15 is 0 Å². The van der Waals surface area contributed by atoms with Gasteiger partial charge < -0.3 is 26.8 Å². The molecule has 176 valence electrons. The third-order valence-electron chi connectivity index (χ3n) is 5.04. The summed E-state index contributed by atoms with van der Waals surface area (Å²) in [4.78, 5) is 48.7. The lowest BCUT2D eigenvalue weighted by atomic mass is 10.1. The molecule has 0 bridgehead atoms. The van der Waals surface area contributed by atoms with E-state index in [0.29, 0.717) is 6.42 Å². The van der Waals surface area contributed by atoms with Crippen LogP contribution in [0, 0.1) is 0 Å². The van der Waals surface area contributed by atoms with Gasteiger partial charge in [-0.05, 0) is 31.4 Å². The Kier molecular flexibility index (Phi) is 9.56. The maximum Gasteiger partial charge on any atom is 0.326 e. The Bertz CT molecular complexity index is 952. The molecule has 33 heavy (non-hydrogen) atoms. The van der Waals surface area contributed by atoms with E-state index in [-0.39, 0.29) is 6.42 Å². The van der Waals surface area contributed by atoms with Crippen molar-refractivity contribution in [1.82, 2.24) is 16.0 Å². The SMILES string of the molecule is CC(NC(=O)C(N)Cc1ccccc1)C(=O)NC(C)C(=O)NC(Cc1ccccc1)C(=O)O. The van der Waals surface area contributed by atoms with Crippen LogP contribution in [0.4, 0.5) is 0 Å². The van der Waals surface area contributed by atoms with Gasteiger partial charge in [0.05, 0.1) is 6.04 Å². The lowest BCUT2D eigenvalue weighted by molar-refractivity contribution is -0.142. The molecule has 0 spiro atoms. The van der Waals surface area contributed by atoms with Gasteiger partial charge in [-0.3, -0.25) is 14.4 Å². The standard InChI is InChI=1S/C24H30N4O5/c1-15(27-23(31)19(25)13-17-9-5-3-6-10-17)21(29)26-16(2)22(30)28-20(24(32)33)14-18-11-7-4-8-12-18/h3-12,15-16,19-20H,13-14,25H2,1-2H3,(H,26,29)(H,27,31)(H,28,30)(H,32,33). The van der Waals surface area contributed by atoms with Crippen LogP contribution >= 0.6 is 0 Å². The first kappa shape index (κ1) is 25.5. The van der Waals surface area contributed by atoms with Gasteiger partial charge in [0.15, 0.2) is 0 Å². The molecule has 9 heteroatoms. The van der Waals surface area contributed by atoms with E-state index in [0.717, 1.165) is 11.1 Å². The smallest absolute Gasteiger partial charge is 0.326 e. The van der Waals surface area contributed by atoms with E-state index in [9.17, 15) is 24.3 Å². The monoisotopic (exact) mass is 454 g/mol. The van der Waals surface area contributed by atoms with Crippen LogP contribution in [-0.2, 0) is 32.0 Å². The first-order valence-electron chi connectivity index (χ1n) is 10.6. The van der Waals surface area contributed by atoms with E-state index in [1.54, 1.807) is 24.3 Å². The fraction of sp³-hybridized carbons (Fsp3) is 0.333. The third-order valence-corrected chi connectivity index (χ3v) is 5.04. The molecule has 9 nitrogen and oxygen atoms in total. The van der Waals surface area contributed by atoms with E-state index in [2.05, 4.69) is 16.0 Å². The average molecular weight is 455 g/mol. The molecule has 0 heterocycles. The van der Waals surface area contributed by atoms with Crippen LogP contribution in [0.1, 0.15) is 25.0 Å². The number of nitrogens with two attached hydrogens (primary N) is 1. The fourth-order valence-corrected chi connectivity index (χ4v) is 3.10. The first-order chi connectivity index (χ1) is 15.7. The van der Waals surface area contributed by atoms with Gasteiger partial charge in [-0.15, -0.1) is 0 Å². The summed E-state index contributed by atoms with van der Waals surface area (Å²) in [7, 11) is 0. The zero-order chi connectivity index (χ0) is 24.4. The molecule has 2 aromatic carbocycles. The molecule has 0 saturated carbocycles. The highest BCUT2D eigenvalue weighted by Crippen LogP contribution is 2.05. The molecule has 3 amide bonds. The number of carbonyl (C=O) groups is 4. The van der Waals surface area contributed by atoms with Crippen molar-refractivity contribution in [1.29, 1.82) is 0 Å². The van der Waals surface area contributed by atoms with Crippen molar-refractivity contribution in [2.24, 2.45) is 5.73 Å². The molecular weight excluding hydrogens is 424 g/mol. The summed E-state index contributed by atoms with van der Waals surface area (Å²) in [5.41, 5.74) is 7.58. The van der Waals surface area contributed by atoms with Crippen molar-refractivity contribution in [2.45, 2.75) is 50.9 Å². The lowest BCUT2D eigenvalue weighted by Crippen LogP contribution is -2.55. The minimum absolute atomic E-state index is 0.105. The summed E-state index contributed by atoms with van der Waals surface area (Å²) >= 11 is 0. The predicted molar refractivity (Wildman–Crippen MR) is 123 cm³/mol. The number of carboxylic acids is 1. The van der Waals surface area contributed by atoms with Gasteiger partial charge in [-0.25, -0.2) is 4.79 Å². The van der Waals surface area contributed by atoms with Crippen molar-refractivity contribution >= 4 is 23.7 Å². The molecule has 2 aromatic rings. The van der Waals surface area contributed by atoms with Crippen molar-refractivity contribution in [3.63, 3.8) is 0 Å². The zero-order valence-corrected chi connectivity index (χ0v) is 18.7. The van der Waals surface area contributed by atoms with Gasteiger partial charge in [-0.1, -0.05) is 60.7 Å². The van der Waals surface area contributed by atoms with Crippen molar-refractivity contribution in [2.75, 3.05) is 0 Å². The number of carbonyl (C=O) groups excluding carboxylic acids is 3. The Morgan fingerprint density at radius 1 is 0.727 bits per heavy atom. The molecular formula is C24H30N4O5. The van der Waals surface area contributed by atoms with E-state index in [1.807, 2.05) is 36.4 Å². The predicted octanol–water partition coefficient (Wildman–Crippen LogP) is 0.378. The number of hydrogen-bond donors (Lipinski definition) is 5. The van der Waals surface area contributed by atoms with Crippen LogP contribution in [0.25, 0.3) is 0 Å². The Labute approximate surface area is 192 Å². The van der Waals surface area contributed by atoms with Crippen LogP contribution in [0.2, 0.25) is 0 Å². The molecule has 0 aliphatic carbocycles. The molecule has 4 atom stereocenters. The molecule has 6 N–H and O–H groups in total. The summed E-state index contributed by atoms with van der Waals surface area (Å²) in [6.07, 6.45) is 0.423. The highest BCUT2D eigenvalue weighted by atomic mass is 16.4. The second-order valence-corrected chi connectivity index (χ2v) is 7.85. The highest BCUT2D eigenvalue weighted by molar-refractivity contribution is 5.93. The summed E-state index contributed by atoms with van der Waals surface area (Å²) < 4.78 is 0. The van der Waals surface area contributed by atoms with Gasteiger partial charge in [0.25, 0.3) is 0 Å². The largest absolute Gasteiger partial charge is 0.480 e. The van der Waals surface area contributed by atoms with E-state index in [1.165, 1.54) is 13.8 Å². The summed E-state index contributed by atoms with van der Waals surface area (Å²) in [6.45, 7) is 2.91. The first-order valence-corrected chi connectivity index (χ1v) is 10.6. The van der Waals surface area contributed by atoms with E-state index < -0.39 is 47.9 Å². The van der Waals surface area contributed by atoms with Crippen LogP contribution in [0.3, 0.4) is 0 Å². The highest BCUT2D eigenvalue weighted by Gasteiger charge is 2.26. The molecule has 0 aromatic heterocycles. The van der Waals surface area contributed by atoms with Crippen LogP contribution in [0.5, 0.6) is 0 Å². The van der Waals surface area contributed by atoms with Crippen LogP contribution in [0.15, 0.2) is 60.7 Å². The second kappa shape index (κ2) is 12.4. The number of nitrogens with one attached hydrogen (secondary N) is 3. The number of amides is 3.